The molecule has 2 nitrogen and oxygen atoms in total. The second-order valence-corrected chi connectivity index (χ2v) is 11.8. The lowest BCUT2D eigenvalue weighted by atomic mass is 9.48. The zero-order valence-electron chi connectivity index (χ0n) is 19.2. The van der Waals surface area contributed by atoms with Crippen molar-refractivity contribution in [2.75, 3.05) is 0 Å². The van der Waals surface area contributed by atoms with E-state index in [1.54, 1.807) is 0 Å². The molecule has 0 bridgehead atoms. The van der Waals surface area contributed by atoms with Gasteiger partial charge >= 0.3 is 0 Å². The van der Waals surface area contributed by atoms with E-state index in [-0.39, 0.29) is 0 Å². The first-order chi connectivity index (χ1) is 13.3. The fourth-order valence-corrected chi connectivity index (χ4v) is 8.79. The maximum atomic E-state index is 4.34. The first-order valence-corrected chi connectivity index (χ1v) is 12.2. The molecular formula is C26H44N2. The van der Waals surface area contributed by atoms with Crippen LogP contribution in [0.3, 0.4) is 0 Å². The molecule has 28 heavy (non-hydrogen) atoms. The summed E-state index contributed by atoms with van der Waals surface area (Å²) in [5.74, 6) is 5.81. The van der Waals surface area contributed by atoms with E-state index in [1.165, 1.54) is 57.8 Å². The molecule has 4 rings (SSSR count). The van der Waals surface area contributed by atoms with Crippen LogP contribution in [0.1, 0.15) is 92.4 Å². The van der Waals surface area contributed by atoms with Gasteiger partial charge in [0, 0.05) is 12.9 Å². The smallest absolute Gasteiger partial charge is 0.0524 e. The van der Waals surface area contributed by atoms with Gasteiger partial charge in [0.1, 0.15) is 0 Å². The molecular weight excluding hydrogens is 340 g/mol. The summed E-state index contributed by atoms with van der Waals surface area (Å²) < 4.78 is 0. The number of hydrogen-bond donors (Lipinski definition) is 0. The van der Waals surface area contributed by atoms with Crippen LogP contribution in [0.2, 0.25) is 0 Å². The van der Waals surface area contributed by atoms with Crippen LogP contribution in [0.4, 0.5) is 0 Å². The Morgan fingerprint density at radius 3 is 2.43 bits per heavy atom. The van der Waals surface area contributed by atoms with Crippen molar-refractivity contribution >= 4 is 6.72 Å². The third-order valence-electron chi connectivity index (χ3n) is 10.0. The van der Waals surface area contributed by atoms with Gasteiger partial charge in [-0.3, -0.25) is 5.01 Å². The van der Waals surface area contributed by atoms with E-state index in [4.69, 9.17) is 0 Å². The third kappa shape index (κ3) is 3.27. The highest BCUT2D eigenvalue weighted by atomic mass is 15.4. The first kappa shape index (κ1) is 20.5. The minimum atomic E-state index is 0.465. The number of hydrogen-bond acceptors (Lipinski definition) is 2. The Kier molecular flexibility index (Phi) is 5.47. The molecule has 0 heterocycles. The van der Waals surface area contributed by atoms with Crippen LogP contribution < -0.4 is 0 Å². The summed E-state index contributed by atoms with van der Waals surface area (Å²) in [6, 6.07) is 0.465. The molecule has 4 aliphatic rings. The summed E-state index contributed by atoms with van der Waals surface area (Å²) in [6.07, 6.45) is 17.5. The van der Waals surface area contributed by atoms with Crippen LogP contribution in [0, 0.1) is 46.3 Å². The van der Waals surface area contributed by atoms with Crippen molar-refractivity contribution in [3.63, 3.8) is 0 Å². The number of allylic oxidation sites excluding steroid dienone is 1. The molecule has 2 heteroatoms. The molecule has 0 amide bonds. The van der Waals surface area contributed by atoms with Gasteiger partial charge < -0.3 is 0 Å². The zero-order chi connectivity index (χ0) is 20.1. The second kappa shape index (κ2) is 7.47. The normalized spacial score (nSPS) is 45.8. The average Bonchev–Trinajstić information content (AvgIpc) is 3.01. The fourth-order valence-electron chi connectivity index (χ4n) is 8.79. The second-order valence-electron chi connectivity index (χ2n) is 11.8. The maximum Gasteiger partial charge on any atom is 0.0524 e. The van der Waals surface area contributed by atoms with Crippen LogP contribution in [0.5, 0.6) is 0 Å². The summed E-state index contributed by atoms with van der Waals surface area (Å²) in [6.45, 7) is 16.0. The lowest BCUT2D eigenvalue weighted by molar-refractivity contribution is -0.0819. The maximum absolute atomic E-state index is 4.34. The summed E-state index contributed by atoms with van der Waals surface area (Å²) in [7, 11) is 0. The Bertz CT molecular complexity index is 608. The summed E-state index contributed by atoms with van der Waals surface area (Å²) >= 11 is 0. The molecule has 8 atom stereocenters. The van der Waals surface area contributed by atoms with Crippen LogP contribution in [0.15, 0.2) is 17.4 Å². The molecule has 0 radical (unpaired) electrons. The van der Waals surface area contributed by atoms with Gasteiger partial charge in [-0.1, -0.05) is 26.8 Å². The summed E-state index contributed by atoms with van der Waals surface area (Å²) in [4.78, 5) is 0. The largest absolute Gasteiger partial charge is 0.271 e. The van der Waals surface area contributed by atoms with E-state index < -0.39 is 0 Å². The summed E-state index contributed by atoms with van der Waals surface area (Å²) in [5.41, 5.74) is 1.10. The minimum Gasteiger partial charge on any atom is -0.271 e. The minimum absolute atomic E-state index is 0.465. The van der Waals surface area contributed by atoms with Gasteiger partial charge in [-0.05, 0) is 118 Å². The SMILES string of the molecule is C=NN(/C=C\C)C(C)C1CCC2C3CCC4CC(C)(C)CCC4C3CCC21C. The van der Waals surface area contributed by atoms with Crippen molar-refractivity contribution in [2.24, 2.45) is 51.4 Å². The van der Waals surface area contributed by atoms with Gasteiger partial charge in [-0.2, -0.15) is 5.10 Å². The topological polar surface area (TPSA) is 15.6 Å². The van der Waals surface area contributed by atoms with Crippen molar-refractivity contribution in [2.45, 2.75) is 98.4 Å². The lowest BCUT2D eigenvalue weighted by Crippen LogP contribution is -2.51. The molecule has 0 spiro atoms. The van der Waals surface area contributed by atoms with Crippen molar-refractivity contribution < 1.29 is 0 Å². The molecule has 0 aromatic carbocycles. The quantitative estimate of drug-likeness (QED) is 0.372. The van der Waals surface area contributed by atoms with Crippen molar-refractivity contribution in [1.82, 2.24) is 5.01 Å². The Balaban J connectivity index is 1.52. The van der Waals surface area contributed by atoms with Crippen LogP contribution in [-0.2, 0) is 0 Å². The third-order valence-corrected chi connectivity index (χ3v) is 10.0. The lowest BCUT2D eigenvalue weighted by Gasteiger charge is -2.57. The molecule has 158 valence electrons. The Morgan fingerprint density at radius 2 is 1.71 bits per heavy atom. The van der Waals surface area contributed by atoms with E-state index in [0.717, 1.165) is 35.5 Å². The number of hydrazone groups is 1. The van der Waals surface area contributed by atoms with Gasteiger partial charge in [-0.15, -0.1) is 0 Å². The van der Waals surface area contributed by atoms with Crippen LogP contribution in [-0.4, -0.2) is 17.8 Å². The molecule has 0 aromatic rings. The van der Waals surface area contributed by atoms with E-state index in [2.05, 4.69) is 63.7 Å². The number of rotatable bonds is 4. The van der Waals surface area contributed by atoms with E-state index in [9.17, 15) is 0 Å². The number of fused-ring (bicyclic) bond motifs is 5. The number of nitrogens with zero attached hydrogens (tertiary/aromatic N) is 2. The average molecular weight is 385 g/mol. The van der Waals surface area contributed by atoms with Gasteiger partial charge in [0.25, 0.3) is 0 Å². The van der Waals surface area contributed by atoms with Crippen molar-refractivity contribution in [3.8, 4) is 0 Å². The molecule has 0 saturated heterocycles. The Hall–Kier alpha value is -0.790. The highest BCUT2D eigenvalue weighted by Crippen LogP contribution is 2.65. The molecule has 4 saturated carbocycles. The molecule has 0 N–H and O–H groups in total. The van der Waals surface area contributed by atoms with E-state index in [1.807, 2.05) is 0 Å². The van der Waals surface area contributed by atoms with Gasteiger partial charge in [0.15, 0.2) is 0 Å². The monoisotopic (exact) mass is 384 g/mol. The molecule has 4 aliphatic carbocycles. The standard InChI is InChI=1S/C26H44N2/c1-7-16-28(27-6)18(2)23-10-11-24-22-9-8-19-17-25(3,4)14-12-20(19)21(22)13-15-26(23,24)5/h7,16,18-24H,6,8-15,17H2,1-5H3/b16-7-. The van der Waals surface area contributed by atoms with E-state index >= 15 is 0 Å². The van der Waals surface area contributed by atoms with Crippen LogP contribution in [0.25, 0.3) is 0 Å². The van der Waals surface area contributed by atoms with Crippen LogP contribution >= 0.6 is 0 Å². The Labute approximate surface area is 174 Å². The highest BCUT2D eigenvalue weighted by Gasteiger charge is 2.58. The first-order valence-electron chi connectivity index (χ1n) is 12.2. The van der Waals surface area contributed by atoms with Gasteiger partial charge in [-0.25, -0.2) is 0 Å². The van der Waals surface area contributed by atoms with Crippen molar-refractivity contribution in [3.05, 3.63) is 12.3 Å². The van der Waals surface area contributed by atoms with E-state index in [0.29, 0.717) is 16.9 Å². The Morgan fingerprint density at radius 1 is 0.964 bits per heavy atom. The predicted molar refractivity (Wildman–Crippen MR) is 120 cm³/mol. The molecule has 0 aliphatic heterocycles. The summed E-state index contributed by atoms with van der Waals surface area (Å²) in [5, 5.41) is 6.47. The molecule has 8 unspecified atom stereocenters. The van der Waals surface area contributed by atoms with Gasteiger partial charge in [0.05, 0.1) is 6.04 Å². The van der Waals surface area contributed by atoms with Gasteiger partial charge in [0.2, 0.25) is 0 Å². The highest BCUT2D eigenvalue weighted by molar-refractivity contribution is 5.23. The van der Waals surface area contributed by atoms with Crippen molar-refractivity contribution in [1.29, 1.82) is 0 Å². The zero-order valence-corrected chi connectivity index (χ0v) is 19.2. The molecule has 0 aromatic heterocycles. The fraction of sp³-hybridized carbons (Fsp3) is 0.885. The predicted octanol–water partition coefficient (Wildman–Crippen LogP) is 7.12. The molecule has 4 fully saturated rings.